The van der Waals surface area contributed by atoms with E-state index in [1.807, 2.05) is 0 Å². The molecule has 2 nitrogen and oxygen atoms in total. The van der Waals surface area contributed by atoms with Crippen LogP contribution in [0.4, 0.5) is 0 Å². The third kappa shape index (κ3) is 3.49. The summed E-state index contributed by atoms with van der Waals surface area (Å²) >= 11 is 0. The van der Waals surface area contributed by atoms with Gasteiger partial charge in [-0.15, -0.1) is 0 Å². The van der Waals surface area contributed by atoms with E-state index in [0.29, 0.717) is 6.61 Å². The molecule has 0 amide bonds. The van der Waals surface area contributed by atoms with E-state index in [2.05, 4.69) is 24.0 Å². The number of aliphatic hydroxyl groups is 1. The largest absolute Gasteiger partial charge is 0.396 e. The van der Waals surface area contributed by atoms with Gasteiger partial charge in [0.2, 0.25) is 0 Å². The fourth-order valence-electron chi connectivity index (χ4n) is 1.69. The Balaban J connectivity index is 2.24. The minimum Gasteiger partial charge on any atom is -0.396 e. The normalized spacial score (nSPS) is 18.4. The third-order valence-electron chi connectivity index (χ3n) is 2.77. The number of hydrogen-bond acceptors (Lipinski definition) is 2. The number of aliphatic hydroxyl groups excluding tert-OH is 1. The lowest BCUT2D eigenvalue weighted by molar-refractivity contribution is 0.130. The summed E-state index contributed by atoms with van der Waals surface area (Å²) in [6.07, 6.45) is 9.30. The van der Waals surface area contributed by atoms with Crippen LogP contribution in [0.15, 0.2) is 12.2 Å². The lowest BCUT2D eigenvalue weighted by atomic mass is 9.91. The van der Waals surface area contributed by atoms with Crippen LogP contribution in [-0.4, -0.2) is 35.7 Å². The fraction of sp³-hybridized carbons (Fsp3) is 0.818. The standard InChI is InChI=1S/C11H21NO/c1-2-3-8-12(9-5-10-13)11-6-4-7-11/h2-3,11,13H,4-10H2,1H3/b3-2+. The maximum absolute atomic E-state index is 8.77. The quantitative estimate of drug-likeness (QED) is 0.635. The molecule has 0 aromatic carbocycles. The van der Waals surface area contributed by atoms with E-state index in [0.717, 1.165) is 25.6 Å². The van der Waals surface area contributed by atoms with Crippen molar-refractivity contribution in [3.8, 4) is 0 Å². The predicted molar refractivity (Wildman–Crippen MR) is 55.7 cm³/mol. The molecular formula is C11H21NO. The number of rotatable bonds is 6. The average Bonchev–Trinajstić information content (AvgIpc) is 2.06. The molecule has 76 valence electrons. The second-order valence-corrected chi connectivity index (χ2v) is 3.73. The Hall–Kier alpha value is -0.340. The third-order valence-corrected chi connectivity index (χ3v) is 2.77. The monoisotopic (exact) mass is 183 g/mol. The SMILES string of the molecule is C/C=C/CN(CCCO)C1CCC1. The number of nitrogens with zero attached hydrogens (tertiary/aromatic N) is 1. The van der Waals surface area contributed by atoms with Crippen molar-refractivity contribution in [2.45, 2.75) is 38.6 Å². The molecule has 0 bridgehead atoms. The van der Waals surface area contributed by atoms with Crippen molar-refractivity contribution >= 4 is 0 Å². The van der Waals surface area contributed by atoms with Gasteiger partial charge >= 0.3 is 0 Å². The van der Waals surface area contributed by atoms with Crippen molar-refractivity contribution in [3.05, 3.63) is 12.2 Å². The molecule has 0 spiro atoms. The van der Waals surface area contributed by atoms with Crippen LogP contribution in [0.5, 0.6) is 0 Å². The molecule has 0 saturated heterocycles. The first-order valence-corrected chi connectivity index (χ1v) is 5.34. The smallest absolute Gasteiger partial charge is 0.0443 e. The minimum atomic E-state index is 0.319. The molecule has 0 radical (unpaired) electrons. The van der Waals surface area contributed by atoms with E-state index >= 15 is 0 Å². The van der Waals surface area contributed by atoms with Crippen LogP contribution in [0.2, 0.25) is 0 Å². The second-order valence-electron chi connectivity index (χ2n) is 3.73. The van der Waals surface area contributed by atoms with Gasteiger partial charge in [0, 0.05) is 25.7 Å². The predicted octanol–water partition coefficient (Wildman–Crippen LogP) is 1.80. The van der Waals surface area contributed by atoms with Crippen LogP contribution in [0, 0.1) is 0 Å². The van der Waals surface area contributed by atoms with Crippen molar-refractivity contribution in [1.29, 1.82) is 0 Å². The Morgan fingerprint density at radius 1 is 1.46 bits per heavy atom. The minimum absolute atomic E-state index is 0.319. The molecule has 0 atom stereocenters. The Morgan fingerprint density at radius 2 is 2.23 bits per heavy atom. The zero-order valence-electron chi connectivity index (χ0n) is 8.58. The highest BCUT2D eigenvalue weighted by atomic mass is 16.3. The molecule has 1 rings (SSSR count). The van der Waals surface area contributed by atoms with Crippen molar-refractivity contribution in [3.63, 3.8) is 0 Å². The summed E-state index contributed by atoms with van der Waals surface area (Å²) in [6.45, 7) is 4.48. The number of hydrogen-bond donors (Lipinski definition) is 1. The van der Waals surface area contributed by atoms with Gasteiger partial charge in [-0.1, -0.05) is 18.6 Å². The molecule has 0 heterocycles. The van der Waals surface area contributed by atoms with Crippen LogP contribution in [-0.2, 0) is 0 Å². The van der Waals surface area contributed by atoms with Crippen molar-refractivity contribution in [1.82, 2.24) is 4.90 Å². The van der Waals surface area contributed by atoms with E-state index in [4.69, 9.17) is 5.11 Å². The highest BCUT2D eigenvalue weighted by Crippen LogP contribution is 2.24. The van der Waals surface area contributed by atoms with Gasteiger partial charge in [-0.25, -0.2) is 0 Å². The van der Waals surface area contributed by atoms with Crippen molar-refractivity contribution in [2.75, 3.05) is 19.7 Å². The first kappa shape index (κ1) is 10.7. The summed E-state index contributed by atoms with van der Waals surface area (Å²) in [5, 5.41) is 8.77. The van der Waals surface area contributed by atoms with Gasteiger partial charge in [0.05, 0.1) is 0 Å². The van der Waals surface area contributed by atoms with Crippen LogP contribution in [0.1, 0.15) is 32.6 Å². The van der Waals surface area contributed by atoms with E-state index in [1.165, 1.54) is 19.3 Å². The average molecular weight is 183 g/mol. The van der Waals surface area contributed by atoms with Crippen molar-refractivity contribution < 1.29 is 5.11 Å². The first-order chi connectivity index (χ1) is 6.38. The second kappa shape index (κ2) is 6.17. The van der Waals surface area contributed by atoms with Crippen LogP contribution in [0.25, 0.3) is 0 Å². The number of allylic oxidation sites excluding steroid dienone is 1. The Morgan fingerprint density at radius 3 is 2.69 bits per heavy atom. The van der Waals surface area contributed by atoms with Gasteiger partial charge in [0.1, 0.15) is 0 Å². The summed E-state index contributed by atoms with van der Waals surface area (Å²) in [6, 6.07) is 0.794. The lowest BCUT2D eigenvalue weighted by Crippen LogP contribution is -2.41. The van der Waals surface area contributed by atoms with Crippen LogP contribution in [0.3, 0.4) is 0 Å². The van der Waals surface area contributed by atoms with E-state index < -0.39 is 0 Å². The molecule has 2 heteroatoms. The van der Waals surface area contributed by atoms with Crippen molar-refractivity contribution in [2.24, 2.45) is 0 Å². The molecule has 13 heavy (non-hydrogen) atoms. The van der Waals surface area contributed by atoms with Gasteiger partial charge in [-0.05, 0) is 26.2 Å². The van der Waals surface area contributed by atoms with Crippen LogP contribution >= 0.6 is 0 Å². The summed E-state index contributed by atoms with van der Waals surface area (Å²) in [4.78, 5) is 2.49. The highest BCUT2D eigenvalue weighted by molar-refractivity contribution is 4.87. The Kier molecular flexibility index (Phi) is 5.09. The molecular weight excluding hydrogens is 162 g/mol. The molecule has 1 aliphatic rings. The maximum atomic E-state index is 8.77. The van der Waals surface area contributed by atoms with Gasteiger partial charge in [-0.2, -0.15) is 0 Å². The molecule has 0 aliphatic heterocycles. The molecule has 1 saturated carbocycles. The maximum Gasteiger partial charge on any atom is 0.0443 e. The van der Waals surface area contributed by atoms with Gasteiger partial charge in [-0.3, -0.25) is 4.90 Å². The molecule has 0 unspecified atom stereocenters. The van der Waals surface area contributed by atoms with Gasteiger partial charge < -0.3 is 5.11 Å². The fourth-order valence-corrected chi connectivity index (χ4v) is 1.69. The lowest BCUT2D eigenvalue weighted by Gasteiger charge is -2.36. The Bertz CT molecular complexity index is 152. The topological polar surface area (TPSA) is 23.5 Å². The summed E-state index contributed by atoms with van der Waals surface area (Å²) in [5.41, 5.74) is 0. The summed E-state index contributed by atoms with van der Waals surface area (Å²) in [7, 11) is 0. The van der Waals surface area contributed by atoms with E-state index in [9.17, 15) is 0 Å². The molecule has 1 N–H and O–H groups in total. The summed E-state index contributed by atoms with van der Waals surface area (Å²) < 4.78 is 0. The zero-order valence-corrected chi connectivity index (χ0v) is 8.58. The summed E-state index contributed by atoms with van der Waals surface area (Å²) in [5.74, 6) is 0. The van der Waals surface area contributed by atoms with Gasteiger partial charge in [0.25, 0.3) is 0 Å². The van der Waals surface area contributed by atoms with Crippen LogP contribution < -0.4 is 0 Å². The first-order valence-electron chi connectivity index (χ1n) is 5.34. The Labute approximate surface area is 81.2 Å². The molecule has 0 aromatic rings. The van der Waals surface area contributed by atoms with E-state index in [-0.39, 0.29) is 0 Å². The molecule has 0 aromatic heterocycles. The van der Waals surface area contributed by atoms with E-state index in [1.54, 1.807) is 0 Å². The highest BCUT2D eigenvalue weighted by Gasteiger charge is 2.23. The zero-order chi connectivity index (χ0) is 9.52. The molecule has 1 fully saturated rings. The molecule has 1 aliphatic carbocycles. The van der Waals surface area contributed by atoms with Gasteiger partial charge in [0.15, 0.2) is 0 Å².